The Hall–Kier alpha value is -2.66. The van der Waals surface area contributed by atoms with E-state index in [-0.39, 0.29) is 21.4 Å². The fourth-order valence-corrected chi connectivity index (χ4v) is 2.93. The summed E-state index contributed by atoms with van der Waals surface area (Å²) in [7, 11) is 1.28. The molecule has 1 N–H and O–H groups in total. The molecule has 2 aromatic rings. The molecule has 29 heavy (non-hydrogen) atoms. The molecular formula is C17H12BrClF3N3O4. The van der Waals surface area contributed by atoms with E-state index in [0.717, 1.165) is 17.0 Å². The Kier molecular flexibility index (Phi) is 6.85. The van der Waals surface area contributed by atoms with Gasteiger partial charge in [-0.15, -0.1) is 0 Å². The molecule has 0 aliphatic carbocycles. The molecule has 0 aliphatic rings. The third-order valence-electron chi connectivity index (χ3n) is 3.67. The van der Waals surface area contributed by atoms with E-state index in [4.69, 9.17) is 11.6 Å². The normalized spacial score (nSPS) is 11.1. The Morgan fingerprint density at radius 1 is 1.24 bits per heavy atom. The number of nitrogens with zero attached hydrogens (tertiary/aromatic N) is 2. The van der Waals surface area contributed by atoms with Crippen LogP contribution in [-0.4, -0.2) is 35.2 Å². The quantitative estimate of drug-likeness (QED) is 0.480. The standard InChI is InChI=1S/C17H12BrClF3N3O4/c1-24(16(27)9-2-4-12(18)14(6-9)25(28)29)8-15(26)23-10-3-5-13(19)11(7-10)17(20,21)22/h2-7H,8H2,1H3,(H,23,26). The zero-order valence-electron chi connectivity index (χ0n) is 14.6. The molecular weight excluding hydrogens is 483 g/mol. The number of rotatable bonds is 5. The molecule has 0 saturated carbocycles. The van der Waals surface area contributed by atoms with Gasteiger partial charge in [-0.05, 0) is 46.3 Å². The Morgan fingerprint density at radius 3 is 2.48 bits per heavy atom. The molecule has 0 atom stereocenters. The van der Waals surface area contributed by atoms with Crippen molar-refractivity contribution in [3.63, 3.8) is 0 Å². The van der Waals surface area contributed by atoms with Gasteiger partial charge >= 0.3 is 6.18 Å². The molecule has 0 aromatic heterocycles. The number of nitro benzene ring substituents is 1. The number of hydrogen-bond acceptors (Lipinski definition) is 4. The van der Waals surface area contributed by atoms with E-state index in [0.29, 0.717) is 6.07 Å². The summed E-state index contributed by atoms with van der Waals surface area (Å²) < 4.78 is 38.8. The van der Waals surface area contributed by atoms with Crippen molar-refractivity contribution in [3.8, 4) is 0 Å². The van der Waals surface area contributed by atoms with E-state index in [1.54, 1.807) is 0 Å². The van der Waals surface area contributed by atoms with Gasteiger partial charge in [-0.3, -0.25) is 19.7 Å². The van der Waals surface area contributed by atoms with Gasteiger partial charge in [0.25, 0.3) is 11.6 Å². The molecule has 0 radical (unpaired) electrons. The first kappa shape index (κ1) is 22.6. The minimum Gasteiger partial charge on any atom is -0.332 e. The van der Waals surface area contributed by atoms with Gasteiger partial charge in [0.2, 0.25) is 5.91 Å². The van der Waals surface area contributed by atoms with Crippen molar-refractivity contribution in [3.05, 3.63) is 67.1 Å². The number of carbonyl (C=O) groups excluding carboxylic acids is 2. The van der Waals surface area contributed by atoms with Crippen LogP contribution in [0.2, 0.25) is 5.02 Å². The molecule has 0 fully saturated rings. The second kappa shape index (κ2) is 8.78. The predicted octanol–water partition coefficient (Wildman–Crippen LogP) is 4.74. The number of alkyl halides is 3. The van der Waals surface area contributed by atoms with Crippen LogP contribution in [-0.2, 0) is 11.0 Å². The van der Waals surface area contributed by atoms with Gasteiger partial charge in [0, 0.05) is 24.4 Å². The number of amides is 2. The largest absolute Gasteiger partial charge is 0.417 e. The predicted molar refractivity (Wildman–Crippen MR) is 103 cm³/mol. The van der Waals surface area contributed by atoms with Crippen LogP contribution in [0.4, 0.5) is 24.5 Å². The summed E-state index contributed by atoms with van der Waals surface area (Å²) in [6, 6.07) is 6.58. The van der Waals surface area contributed by atoms with Gasteiger partial charge in [-0.2, -0.15) is 13.2 Å². The summed E-state index contributed by atoms with van der Waals surface area (Å²) in [5.74, 6) is -1.44. The van der Waals surface area contributed by atoms with Gasteiger partial charge in [-0.1, -0.05) is 11.6 Å². The van der Waals surface area contributed by atoms with Gasteiger partial charge < -0.3 is 10.2 Å². The monoisotopic (exact) mass is 493 g/mol. The number of likely N-dealkylation sites (N-methyl/N-ethyl adjacent to an activating group) is 1. The Labute approximate surface area is 175 Å². The van der Waals surface area contributed by atoms with Gasteiger partial charge in [0.05, 0.1) is 26.5 Å². The smallest absolute Gasteiger partial charge is 0.332 e. The van der Waals surface area contributed by atoms with Crippen LogP contribution in [0, 0.1) is 10.1 Å². The second-order valence-electron chi connectivity index (χ2n) is 5.83. The fraction of sp³-hybridized carbons (Fsp3) is 0.176. The molecule has 2 aromatic carbocycles. The van der Waals surface area contributed by atoms with Crippen LogP contribution in [0.5, 0.6) is 0 Å². The van der Waals surface area contributed by atoms with E-state index in [9.17, 15) is 32.9 Å². The highest BCUT2D eigenvalue weighted by Crippen LogP contribution is 2.36. The number of carbonyl (C=O) groups is 2. The van der Waals surface area contributed by atoms with Crippen LogP contribution in [0.25, 0.3) is 0 Å². The van der Waals surface area contributed by atoms with Crippen molar-refractivity contribution in [1.82, 2.24) is 4.90 Å². The zero-order chi connectivity index (χ0) is 21.9. The van der Waals surface area contributed by atoms with Gasteiger partial charge in [-0.25, -0.2) is 0 Å². The van der Waals surface area contributed by atoms with Crippen molar-refractivity contribution < 1.29 is 27.7 Å². The first-order valence-electron chi connectivity index (χ1n) is 7.76. The molecule has 2 amide bonds. The number of nitrogens with one attached hydrogen (secondary N) is 1. The fourth-order valence-electron chi connectivity index (χ4n) is 2.31. The SMILES string of the molecule is CN(CC(=O)Nc1ccc(Cl)c(C(F)(F)F)c1)C(=O)c1ccc(Br)c([N+](=O)[O-])c1. The summed E-state index contributed by atoms with van der Waals surface area (Å²) >= 11 is 8.52. The summed E-state index contributed by atoms with van der Waals surface area (Å²) in [5, 5.41) is 12.7. The van der Waals surface area contributed by atoms with Crippen molar-refractivity contribution in [2.24, 2.45) is 0 Å². The lowest BCUT2D eigenvalue weighted by molar-refractivity contribution is -0.385. The van der Waals surface area contributed by atoms with Crippen LogP contribution in [0.3, 0.4) is 0 Å². The number of nitro groups is 1. The zero-order valence-corrected chi connectivity index (χ0v) is 16.9. The Balaban J connectivity index is 2.10. The average Bonchev–Trinajstić information content (AvgIpc) is 2.61. The number of hydrogen-bond donors (Lipinski definition) is 1. The lowest BCUT2D eigenvalue weighted by Gasteiger charge is -2.17. The summed E-state index contributed by atoms with van der Waals surface area (Å²) in [4.78, 5) is 35.8. The minimum atomic E-state index is -4.69. The summed E-state index contributed by atoms with van der Waals surface area (Å²) in [6.07, 6.45) is -4.69. The lowest BCUT2D eigenvalue weighted by Crippen LogP contribution is -2.35. The minimum absolute atomic E-state index is 0.0268. The average molecular weight is 495 g/mol. The molecule has 154 valence electrons. The molecule has 0 unspecified atom stereocenters. The van der Waals surface area contributed by atoms with E-state index < -0.39 is 40.0 Å². The third-order valence-corrected chi connectivity index (χ3v) is 4.67. The third kappa shape index (κ3) is 5.67. The first-order chi connectivity index (χ1) is 13.4. The van der Waals surface area contributed by atoms with Crippen LogP contribution in [0.15, 0.2) is 40.9 Å². The van der Waals surface area contributed by atoms with E-state index >= 15 is 0 Å². The maximum absolute atomic E-state index is 12.9. The van der Waals surface area contributed by atoms with Gasteiger partial charge in [0.1, 0.15) is 0 Å². The molecule has 12 heteroatoms. The van der Waals surface area contributed by atoms with Crippen LogP contribution < -0.4 is 5.32 Å². The van der Waals surface area contributed by atoms with Crippen molar-refractivity contribution in [1.29, 1.82) is 0 Å². The van der Waals surface area contributed by atoms with E-state index in [1.165, 1.54) is 25.2 Å². The Bertz CT molecular complexity index is 985. The molecule has 0 heterocycles. The van der Waals surface area contributed by atoms with Crippen molar-refractivity contribution in [2.45, 2.75) is 6.18 Å². The van der Waals surface area contributed by atoms with Crippen LogP contribution >= 0.6 is 27.5 Å². The highest BCUT2D eigenvalue weighted by Gasteiger charge is 2.33. The molecule has 0 aliphatic heterocycles. The highest BCUT2D eigenvalue weighted by atomic mass is 79.9. The molecule has 0 spiro atoms. The maximum Gasteiger partial charge on any atom is 0.417 e. The topological polar surface area (TPSA) is 92.6 Å². The summed E-state index contributed by atoms with van der Waals surface area (Å²) in [5.41, 5.74) is -1.61. The first-order valence-corrected chi connectivity index (χ1v) is 8.93. The van der Waals surface area contributed by atoms with Gasteiger partial charge in [0.15, 0.2) is 0 Å². The molecule has 2 rings (SSSR count). The molecule has 0 saturated heterocycles. The summed E-state index contributed by atoms with van der Waals surface area (Å²) in [6.45, 7) is -0.493. The lowest BCUT2D eigenvalue weighted by atomic mass is 10.1. The number of halogens is 5. The van der Waals surface area contributed by atoms with Crippen molar-refractivity contribution >= 4 is 50.7 Å². The van der Waals surface area contributed by atoms with E-state index in [1.807, 2.05) is 0 Å². The Morgan fingerprint density at radius 2 is 1.90 bits per heavy atom. The highest BCUT2D eigenvalue weighted by molar-refractivity contribution is 9.10. The molecule has 7 nitrogen and oxygen atoms in total. The van der Waals surface area contributed by atoms with Crippen molar-refractivity contribution in [2.75, 3.05) is 18.9 Å². The van der Waals surface area contributed by atoms with Crippen LogP contribution in [0.1, 0.15) is 15.9 Å². The number of benzene rings is 2. The molecule has 0 bridgehead atoms. The number of anilines is 1. The maximum atomic E-state index is 12.9. The second-order valence-corrected chi connectivity index (χ2v) is 7.09. The van der Waals surface area contributed by atoms with E-state index in [2.05, 4.69) is 21.2 Å².